The van der Waals surface area contributed by atoms with Gasteiger partial charge in [0.05, 0.1) is 25.7 Å². The van der Waals surface area contributed by atoms with Crippen LogP contribution in [-0.4, -0.2) is 42.2 Å². The highest BCUT2D eigenvalue weighted by Crippen LogP contribution is 2.20. The summed E-state index contributed by atoms with van der Waals surface area (Å²) in [6.45, 7) is 4.64. The van der Waals surface area contributed by atoms with Crippen LogP contribution in [0.1, 0.15) is 28.8 Å². The van der Waals surface area contributed by atoms with Crippen LogP contribution in [0.3, 0.4) is 0 Å². The van der Waals surface area contributed by atoms with E-state index >= 15 is 0 Å². The van der Waals surface area contributed by atoms with Gasteiger partial charge in [-0.25, -0.2) is 4.98 Å². The van der Waals surface area contributed by atoms with Crippen LogP contribution in [0, 0.1) is 18.3 Å². The molecule has 0 spiro atoms. The fourth-order valence-electron chi connectivity index (χ4n) is 3.99. The van der Waals surface area contributed by atoms with Gasteiger partial charge in [0.15, 0.2) is 0 Å². The summed E-state index contributed by atoms with van der Waals surface area (Å²) >= 11 is 0. The normalized spacial score (nSPS) is 13.2. The average Bonchev–Trinajstić information content (AvgIpc) is 2.89. The first-order chi connectivity index (χ1) is 17.5. The number of aryl methyl sites for hydroxylation is 1. The Labute approximate surface area is 209 Å². The van der Waals surface area contributed by atoms with Crippen LogP contribution < -0.4 is 20.5 Å². The first-order valence-electron chi connectivity index (χ1n) is 11.9. The van der Waals surface area contributed by atoms with E-state index in [4.69, 9.17) is 14.7 Å². The van der Waals surface area contributed by atoms with Crippen molar-refractivity contribution in [2.45, 2.75) is 32.8 Å². The molecule has 4 rings (SSSR count). The van der Waals surface area contributed by atoms with Crippen molar-refractivity contribution in [2.24, 2.45) is 0 Å². The Morgan fingerprint density at radius 3 is 2.67 bits per heavy atom. The number of para-hydroxylation sites is 1. The van der Waals surface area contributed by atoms with Crippen molar-refractivity contribution in [3.05, 3.63) is 81.3 Å². The Kier molecular flexibility index (Phi) is 8.32. The van der Waals surface area contributed by atoms with Crippen LogP contribution in [0.5, 0.6) is 5.75 Å². The maximum atomic E-state index is 12.7. The summed E-state index contributed by atoms with van der Waals surface area (Å²) in [5.41, 5.74) is 3.35. The number of aromatic amines is 1. The van der Waals surface area contributed by atoms with Crippen molar-refractivity contribution in [1.82, 2.24) is 9.97 Å². The molecule has 1 fully saturated rings. The summed E-state index contributed by atoms with van der Waals surface area (Å²) < 4.78 is 11.2. The monoisotopic (exact) mass is 487 g/mol. The number of carbonyl (C=O) groups is 1. The van der Waals surface area contributed by atoms with Crippen molar-refractivity contribution < 1.29 is 14.3 Å². The maximum Gasteiger partial charge on any atom is 0.255 e. The summed E-state index contributed by atoms with van der Waals surface area (Å²) in [7, 11) is 0. The smallest absolute Gasteiger partial charge is 0.255 e. The third-order valence-electron chi connectivity index (χ3n) is 6.01. The molecule has 9 heteroatoms. The van der Waals surface area contributed by atoms with E-state index < -0.39 is 0 Å². The summed E-state index contributed by atoms with van der Waals surface area (Å²) in [6, 6.07) is 16.9. The molecular formula is C27H29N5O4. The van der Waals surface area contributed by atoms with Crippen LogP contribution >= 0.6 is 0 Å². The van der Waals surface area contributed by atoms with Crippen LogP contribution in [0.4, 0.5) is 11.6 Å². The molecule has 2 N–H and O–H groups in total. The molecule has 1 aromatic heterocycles. The van der Waals surface area contributed by atoms with E-state index in [2.05, 4.69) is 21.4 Å². The Morgan fingerprint density at radius 2 is 1.94 bits per heavy atom. The summed E-state index contributed by atoms with van der Waals surface area (Å²) in [4.78, 5) is 34.8. The van der Waals surface area contributed by atoms with Crippen LogP contribution in [0.15, 0.2) is 53.3 Å². The zero-order valence-electron chi connectivity index (χ0n) is 20.3. The highest BCUT2D eigenvalue weighted by molar-refractivity contribution is 5.91. The van der Waals surface area contributed by atoms with Gasteiger partial charge in [0.1, 0.15) is 12.4 Å². The number of nitriles is 1. The molecule has 1 aliphatic rings. The molecule has 0 aliphatic carbocycles. The summed E-state index contributed by atoms with van der Waals surface area (Å²) in [5, 5.41) is 11.7. The van der Waals surface area contributed by atoms with E-state index in [-0.39, 0.29) is 30.9 Å². The lowest BCUT2D eigenvalue weighted by Gasteiger charge is -2.27. The fraction of sp³-hybridized carbons (Fsp3) is 0.333. The van der Waals surface area contributed by atoms with Gasteiger partial charge in [-0.1, -0.05) is 30.3 Å². The predicted octanol–water partition coefficient (Wildman–Crippen LogP) is 3.13. The van der Waals surface area contributed by atoms with Crippen molar-refractivity contribution >= 4 is 17.5 Å². The molecule has 3 aromatic rings. The third kappa shape index (κ3) is 6.49. The lowest BCUT2D eigenvalue weighted by atomic mass is 10.1. The minimum atomic E-state index is -0.216. The number of nitrogens with one attached hydrogen (secondary N) is 2. The second-order valence-electron chi connectivity index (χ2n) is 8.53. The number of hydrogen-bond acceptors (Lipinski definition) is 7. The molecule has 186 valence electrons. The molecule has 2 aromatic carbocycles. The topological polar surface area (TPSA) is 120 Å². The molecule has 1 aliphatic heterocycles. The van der Waals surface area contributed by atoms with E-state index in [0.29, 0.717) is 61.4 Å². The van der Waals surface area contributed by atoms with Crippen LogP contribution in [0.2, 0.25) is 0 Å². The molecule has 0 bridgehead atoms. The minimum Gasteiger partial charge on any atom is -0.489 e. The molecule has 1 amide bonds. The Hall–Kier alpha value is -4.16. The molecular weight excluding hydrogens is 458 g/mol. The molecule has 36 heavy (non-hydrogen) atoms. The number of aromatic nitrogens is 2. The van der Waals surface area contributed by atoms with Gasteiger partial charge >= 0.3 is 0 Å². The van der Waals surface area contributed by atoms with Gasteiger partial charge in [0.25, 0.3) is 5.56 Å². The van der Waals surface area contributed by atoms with E-state index in [1.165, 1.54) is 0 Å². The molecule has 2 heterocycles. The van der Waals surface area contributed by atoms with Crippen LogP contribution in [-0.2, 0) is 29.0 Å². The van der Waals surface area contributed by atoms with Crippen molar-refractivity contribution in [1.29, 1.82) is 5.26 Å². The number of nitrogens with zero attached hydrogens (tertiary/aromatic N) is 3. The molecule has 9 nitrogen and oxygen atoms in total. The number of hydrogen-bond donors (Lipinski definition) is 2. The second-order valence-corrected chi connectivity index (χ2v) is 8.53. The fourth-order valence-corrected chi connectivity index (χ4v) is 3.99. The van der Waals surface area contributed by atoms with Gasteiger partial charge in [0, 0.05) is 42.0 Å². The van der Waals surface area contributed by atoms with Crippen LogP contribution in [0.25, 0.3) is 0 Å². The number of H-pyrrole nitrogens is 1. The highest BCUT2D eigenvalue weighted by Gasteiger charge is 2.17. The molecule has 0 saturated carbocycles. The number of rotatable bonds is 9. The Bertz CT molecular complexity index is 1290. The summed E-state index contributed by atoms with van der Waals surface area (Å²) in [6.07, 6.45) is 0.795. The van der Waals surface area contributed by atoms with E-state index in [1.54, 1.807) is 6.92 Å². The van der Waals surface area contributed by atoms with E-state index in [0.717, 1.165) is 11.1 Å². The van der Waals surface area contributed by atoms with Crippen molar-refractivity contribution in [2.75, 3.05) is 36.5 Å². The standard InChI is InChI=1S/C27H29N5O4/c1-19-23(26(34)31-27(29-19)32-14-16-35-17-15-32)10-11-25(33)30-24-5-3-2-4-21(24)18-36-22-8-6-20(7-9-22)12-13-28/h2-9H,10-12,14-18H2,1H3,(H,30,33)(H,29,31,34). The number of anilines is 2. The van der Waals surface area contributed by atoms with Gasteiger partial charge in [-0.2, -0.15) is 5.26 Å². The Balaban J connectivity index is 1.34. The second kappa shape index (κ2) is 12.0. The van der Waals surface area contributed by atoms with Gasteiger partial charge in [0.2, 0.25) is 11.9 Å². The largest absolute Gasteiger partial charge is 0.489 e. The first-order valence-corrected chi connectivity index (χ1v) is 11.9. The maximum absolute atomic E-state index is 12.7. The first kappa shape index (κ1) is 24.9. The Morgan fingerprint density at radius 1 is 1.19 bits per heavy atom. The summed E-state index contributed by atoms with van der Waals surface area (Å²) in [5.74, 6) is 1.03. The van der Waals surface area contributed by atoms with E-state index in [9.17, 15) is 9.59 Å². The zero-order chi connectivity index (χ0) is 25.3. The van der Waals surface area contributed by atoms with Gasteiger partial charge in [-0.15, -0.1) is 0 Å². The van der Waals surface area contributed by atoms with Crippen molar-refractivity contribution in [3.63, 3.8) is 0 Å². The number of amides is 1. The van der Waals surface area contributed by atoms with Gasteiger partial charge in [-0.05, 0) is 37.1 Å². The zero-order valence-corrected chi connectivity index (χ0v) is 20.3. The molecule has 1 saturated heterocycles. The molecule has 0 radical (unpaired) electrons. The average molecular weight is 488 g/mol. The van der Waals surface area contributed by atoms with Gasteiger partial charge < -0.3 is 19.7 Å². The number of ether oxygens (including phenoxy) is 2. The number of carbonyl (C=O) groups excluding carboxylic acids is 1. The SMILES string of the molecule is Cc1nc(N2CCOCC2)[nH]c(=O)c1CCC(=O)Nc1ccccc1COc1ccc(CC#N)cc1. The van der Waals surface area contributed by atoms with Gasteiger partial charge in [-0.3, -0.25) is 14.6 Å². The highest BCUT2D eigenvalue weighted by atomic mass is 16.5. The van der Waals surface area contributed by atoms with E-state index in [1.807, 2.05) is 53.4 Å². The lowest BCUT2D eigenvalue weighted by Crippen LogP contribution is -2.38. The predicted molar refractivity (Wildman–Crippen MR) is 136 cm³/mol. The number of morpholine rings is 1. The third-order valence-corrected chi connectivity index (χ3v) is 6.01. The lowest BCUT2D eigenvalue weighted by molar-refractivity contribution is -0.116. The molecule has 0 unspecified atom stereocenters. The van der Waals surface area contributed by atoms with Crippen molar-refractivity contribution in [3.8, 4) is 11.8 Å². The molecule has 0 atom stereocenters. The quantitative estimate of drug-likeness (QED) is 0.476. The number of benzene rings is 2. The minimum absolute atomic E-state index is 0.151.